The SMILES string of the molecule is CNc1ccc(C(=N)c2ccccc2F)c(NC(=O)c2c(Cl)cccc2C(F)(F)F)c1.COC(C)=O. The molecule has 0 bridgehead atoms. The van der Waals surface area contributed by atoms with Crippen molar-refractivity contribution in [1.82, 2.24) is 0 Å². The summed E-state index contributed by atoms with van der Waals surface area (Å²) in [4.78, 5) is 22.4. The standard InChI is InChI=1S/C22H16ClF4N3O.C3H6O2/c1-29-12-9-10-14(20(28)13-5-2-3-8-17(13)24)18(11-12)30-21(31)19-15(22(25,26)27)6-4-7-16(19)23;1-3(4)5-2/h2-11,28-29H,1H3,(H,30,31);1-2H3. The fraction of sp³-hybridized carbons (Fsp3) is 0.160. The summed E-state index contributed by atoms with van der Waals surface area (Å²) in [7, 11) is 2.96. The van der Waals surface area contributed by atoms with Gasteiger partial charge >= 0.3 is 12.1 Å². The van der Waals surface area contributed by atoms with E-state index in [1.54, 1.807) is 19.2 Å². The molecule has 3 aromatic carbocycles. The zero-order chi connectivity index (χ0) is 27.0. The molecule has 0 radical (unpaired) electrons. The Morgan fingerprint density at radius 3 is 2.19 bits per heavy atom. The van der Waals surface area contributed by atoms with Crippen LogP contribution >= 0.6 is 11.6 Å². The van der Waals surface area contributed by atoms with Gasteiger partial charge in [0.1, 0.15) is 5.82 Å². The molecule has 0 heterocycles. The molecule has 0 spiro atoms. The number of alkyl halides is 3. The van der Waals surface area contributed by atoms with Crippen LogP contribution in [-0.2, 0) is 15.7 Å². The number of hydrogen-bond donors (Lipinski definition) is 3. The second kappa shape index (κ2) is 12.2. The Hall–Kier alpha value is -3.92. The third-order valence-corrected chi connectivity index (χ3v) is 5.12. The van der Waals surface area contributed by atoms with E-state index >= 15 is 0 Å². The number of ether oxygens (including phenoxy) is 1. The average molecular weight is 524 g/mol. The second-order valence-corrected chi connectivity index (χ2v) is 7.58. The summed E-state index contributed by atoms with van der Waals surface area (Å²) in [6, 6.07) is 13.1. The van der Waals surface area contributed by atoms with Crippen LogP contribution in [0.25, 0.3) is 0 Å². The van der Waals surface area contributed by atoms with Crippen molar-refractivity contribution in [3.63, 3.8) is 0 Å². The second-order valence-electron chi connectivity index (χ2n) is 7.18. The van der Waals surface area contributed by atoms with Crippen LogP contribution in [0.4, 0.5) is 28.9 Å². The number of hydrogen-bond acceptors (Lipinski definition) is 5. The van der Waals surface area contributed by atoms with E-state index in [0.29, 0.717) is 5.69 Å². The molecule has 3 rings (SSSR count). The van der Waals surface area contributed by atoms with Gasteiger partial charge < -0.3 is 15.4 Å². The minimum Gasteiger partial charge on any atom is -0.469 e. The molecule has 0 saturated heterocycles. The lowest BCUT2D eigenvalue weighted by Crippen LogP contribution is -2.21. The van der Waals surface area contributed by atoms with Gasteiger partial charge in [0, 0.05) is 30.8 Å². The number of methoxy groups -OCH3 is 1. The number of nitrogens with one attached hydrogen (secondary N) is 3. The lowest BCUT2D eigenvalue weighted by Gasteiger charge is -2.17. The number of anilines is 2. The maximum absolute atomic E-state index is 14.2. The van der Waals surface area contributed by atoms with Gasteiger partial charge in [-0.05, 0) is 42.5 Å². The lowest BCUT2D eigenvalue weighted by molar-refractivity contribution is -0.138. The summed E-state index contributed by atoms with van der Waals surface area (Å²) in [5.41, 5.74) is -1.52. The van der Waals surface area contributed by atoms with Crippen LogP contribution in [0, 0.1) is 11.2 Å². The predicted octanol–water partition coefficient (Wildman–Crippen LogP) is 6.39. The van der Waals surface area contributed by atoms with Crippen LogP contribution in [-0.4, -0.2) is 31.7 Å². The van der Waals surface area contributed by atoms with Crippen LogP contribution < -0.4 is 10.6 Å². The number of esters is 1. The first kappa shape index (κ1) is 28.3. The van der Waals surface area contributed by atoms with Gasteiger partial charge in [-0.3, -0.25) is 15.0 Å². The zero-order valence-corrected chi connectivity index (χ0v) is 20.1. The Kier molecular flexibility index (Phi) is 9.57. The van der Waals surface area contributed by atoms with Crippen molar-refractivity contribution < 1.29 is 31.9 Å². The molecule has 0 unspecified atom stereocenters. The number of rotatable bonds is 5. The van der Waals surface area contributed by atoms with Gasteiger partial charge in [0.25, 0.3) is 5.91 Å². The molecular formula is C25H22ClF4N3O3. The quantitative estimate of drug-likeness (QED) is 0.205. The van der Waals surface area contributed by atoms with E-state index in [2.05, 4.69) is 15.4 Å². The minimum atomic E-state index is -4.80. The highest BCUT2D eigenvalue weighted by Crippen LogP contribution is 2.36. The van der Waals surface area contributed by atoms with Crippen molar-refractivity contribution >= 4 is 40.6 Å². The van der Waals surface area contributed by atoms with Crippen molar-refractivity contribution in [2.75, 3.05) is 24.8 Å². The van der Waals surface area contributed by atoms with Crippen molar-refractivity contribution in [2.24, 2.45) is 0 Å². The zero-order valence-electron chi connectivity index (χ0n) is 19.4. The molecule has 190 valence electrons. The summed E-state index contributed by atoms with van der Waals surface area (Å²) >= 11 is 5.91. The smallest absolute Gasteiger partial charge is 0.417 e. The molecule has 0 atom stereocenters. The van der Waals surface area contributed by atoms with Gasteiger partial charge in [0.2, 0.25) is 0 Å². The van der Waals surface area contributed by atoms with E-state index in [9.17, 15) is 27.2 Å². The number of carbonyl (C=O) groups excluding carboxylic acids is 2. The average Bonchev–Trinajstić information content (AvgIpc) is 2.83. The first-order chi connectivity index (χ1) is 16.9. The molecule has 0 aliphatic rings. The summed E-state index contributed by atoms with van der Waals surface area (Å²) in [6.07, 6.45) is -4.80. The van der Waals surface area contributed by atoms with E-state index < -0.39 is 29.0 Å². The number of carbonyl (C=O) groups is 2. The highest BCUT2D eigenvalue weighted by Gasteiger charge is 2.36. The van der Waals surface area contributed by atoms with E-state index in [4.69, 9.17) is 17.0 Å². The lowest BCUT2D eigenvalue weighted by atomic mass is 9.99. The summed E-state index contributed by atoms with van der Waals surface area (Å²) in [5.74, 6) is -1.99. The van der Waals surface area contributed by atoms with E-state index in [1.165, 1.54) is 50.4 Å². The first-order valence-electron chi connectivity index (χ1n) is 10.3. The molecule has 3 N–H and O–H groups in total. The molecule has 1 amide bonds. The van der Waals surface area contributed by atoms with Gasteiger partial charge in [-0.15, -0.1) is 0 Å². The first-order valence-corrected chi connectivity index (χ1v) is 10.7. The van der Waals surface area contributed by atoms with Crippen LogP contribution in [0.1, 0.15) is 34.0 Å². The highest BCUT2D eigenvalue weighted by molar-refractivity contribution is 6.34. The predicted molar refractivity (Wildman–Crippen MR) is 130 cm³/mol. The maximum Gasteiger partial charge on any atom is 0.417 e. The molecule has 0 aromatic heterocycles. The van der Waals surface area contributed by atoms with Crippen LogP contribution in [0.15, 0.2) is 60.7 Å². The third-order valence-electron chi connectivity index (χ3n) is 4.80. The topological polar surface area (TPSA) is 91.3 Å². The van der Waals surface area contributed by atoms with Crippen LogP contribution in [0.3, 0.4) is 0 Å². The van der Waals surface area contributed by atoms with Crippen molar-refractivity contribution in [3.8, 4) is 0 Å². The van der Waals surface area contributed by atoms with Crippen LogP contribution in [0.2, 0.25) is 5.02 Å². The number of amides is 1. The molecule has 36 heavy (non-hydrogen) atoms. The van der Waals surface area contributed by atoms with Gasteiger partial charge in [0.05, 0.1) is 34.7 Å². The van der Waals surface area contributed by atoms with Gasteiger partial charge in [-0.25, -0.2) is 4.39 Å². The minimum absolute atomic E-state index is 0.0241. The fourth-order valence-corrected chi connectivity index (χ4v) is 3.27. The highest BCUT2D eigenvalue weighted by atomic mass is 35.5. The fourth-order valence-electron chi connectivity index (χ4n) is 3.01. The normalized spacial score (nSPS) is 10.6. The number of halogens is 5. The molecule has 11 heteroatoms. The monoisotopic (exact) mass is 523 g/mol. The molecule has 0 aliphatic heterocycles. The Morgan fingerprint density at radius 2 is 1.64 bits per heavy atom. The third kappa shape index (κ3) is 7.05. The van der Waals surface area contributed by atoms with Gasteiger partial charge in [-0.2, -0.15) is 13.2 Å². The molecule has 0 saturated carbocycles. The van der Waals surface area contributed by atoms with Gasteiger partial charge in [-0.1, -0.05) is 29.8 Å². The van der Waals surface area contributed by atoms with E-state index in [1.807, 2.05) is 0 Å². The summed E-state index contributed by atoms with van der Waals surface area (Å²) < 4.78 is 58.5. The van der Waals surface area contributed by atoms with E-state index in [-0.39, 0.29) is 33.5 Å². The molecular weight excluding hydrogens is 502 g/mol. The molecule has 6 nitrogen and oxygen atoms in total. The molecule has 0 aliphatic carbocycles. The van der Waals surface area contributed by atoms with Crippen molar-refractivity contribution in [2.45, 2.75) is 13.1 Å². The Bertz CT molecular complexity index is 1280. The Morgan fingerprint density at radius 1 is 1.00 bits per heavy atom. The Labute approximate surface area is 209 Å². The maximum atomic E-state index is 14.2. The summed E-state index contributed by atoms with van der Waals surface area (Å²) in [6.45, 7) is 1.36. The Balaban J connectivity index is 0.000000830. The van der Waals surface area contributed by atoms with Crippen molar-refractivity contribution in [1.29, 1.82) is 5.41 Å². The molecule has 3 aromatic rings. The summed E-state index contributed by atoms with van der Waals surface area (Å²) in [5, 5.41) is 13.3. The van der Waals surface area contributed by atoms with E-state index in [0.717, 1.165) is 12.1 Å². The number of benzene rings is 3. The molecule has 0 fully saturated rings. The van der Waals surface area contributed by atoms with Gasteiger partial charge in [0.15, 0.2) is 0 Å². The largest absolute Gasteiger partial charge is 0.469 e. The van der Waals surface area contributed by atoms with Crippen LogP contribution in [0.5, 0.6) is 0 Å². The van der Waals surface area contributed by atoms with Crippen molar-refractivity contribution in [3.05, 3.63) is 93.8 Å².